The Labute approximate surface area is 127 Å². The first-order valence-corrected chi connectivity index (χ1v) is 6.99. The molecule has 0 atom stereocenters. The van der Waals surface area contributed by atoms with Crippen molar-refractivity contribution in [1.29, 1.82) is 0 Å². The summed E-state index contributed by atoms with van der Waals surface area (Å²) in [4.78, 5) is 12.1. The van der Waals surface area contributed by atoms with Crippen LogP contribution in [-0.4, -0.2) is 11.4 Å². The summed E-state index contributed by atoms with van der Waals surface area (Å²) >= 11 is 0. The molecule has 2 heterocycles. The Morgan fingerprint density at radius 3 is 2.45 bits per heavy atom. The van der Waals surface area contributed by atoms with Crippen molar-refractivity contribution in [2.45, 2.75) is 0 Å². The first-order valence-electron chi connectivity index (χ1n) is 6.99. The second kappa shape index (κ2) is 5.07. The number of pyridine rings is 1. The van der Waals surface area contributed by atoms with Crippen molar-refractivity contribution in [3.8, 4) is 28.3 Å². The van der Waals surface area contributed by atoms with Crippen LogP contribution < -0.4 is 15.0 Å². The van der Waals surface area contributed by atoms with Crippen molar-refractivity contribution in [1.82, 2.24) is 4.57 Å². The van der Waals surface area contributed by atoms with Crippen LogP contribution in [0, 0.1) is 0 Å². The Hall–Kier alpha value is -3.01. The smallest absolute Gasteiger partial charge is 0.255 e. The standard InChI is InChI=1S/C18H13NO3/c20-18-9-7-14(11-19(18)15-4-2-1-3-5-15)13-6-8-16-17(10-13)22-12-21-16/h1-11H,12H2. The molecule has 4 rings (SSSR count). The minimum atomic E-state index is -0.0595. The molecule has 0 bridgehead atoms. The number of nitrogens with zero attached hydrogens (tertiary/aromatic N) is 1. The fourth-order valence-electron chi connectivity index (χ4n) is 2.52. The van der Waals surface area contributed by atoms with E-state index in [9.17, 15) is 4.79 Å². The van der Waals surface area contributed by atoms with Crippen molar-refractivity contribution < 1.29 is 9.47 Å². The van der Waals surface area contributed by atoms with Crippen LogP contribution in [-0.2, 0) is 0 Å². The third-order valence-corrected chi connectivity index (χ3v) is 3.65. The van der Waals surface area contributed by atoms with Gasteiger partial charge in [-0.3, -0.25) is 9.36 Å². The molecule has 0 saturated carbocycles. The van der Waals surface area contributed by atoms with Gasteiger partial charge in [0.25, 0.3) is 5.56 Å². The van der Waals surface area contributed by atoms with Gasteiger partial charge in [0.05, 0.1) is 0 Å². The average molecular weight is 291 g/mol. The lowest BCUT2D eigenvalue weighted by molar-refractivity contribution is 0.174. The summed E-state index contributed by atoms with van der Waals surface area (Å²) in [5.41, 5.74) is 2.71. The summed E-state index contributed by atoms with van der Waals surface area (Å²) in [6.45, 7) is 0.252. The number of hydrogen-bond acceptors (Lipinski definition) is 3. The zero-order chi connectivity index (χ0) is 14.9. The Morgan fingerprint density at radius 1 is 0.818 bits per heavy atom. The van der Waals surface area contributed by atoms with Gasteiger partial charge in [0.2, 0.25) is 6.79 Å². The molecule has 108 valence electrons. The average Bonchev–Trinajstić information content (AvgIpc) is 3.04. The molecular weight excluding hydrogens is 278 g/mol. The predicted molar refractivity (Wildman–Crippen MR) is 83.6 cm³/mol. The molecule has 4 heteroatoms. The second-order valence-corrected chi connectivity index (χ2v) is 5.03. The van der Waals surface area contributed by atoms with Crippen LogP contribution in [0.2, 0.25) is 0 Å². The molecule has 3 aromatic rings. The van der Waals surface area contributed by atoms with E-state index in [1.165, 1.54) is 0 Å². The molecule has 1 aliphatic rings. The molecule has 0 spiro atoms. The highest BCUT2D eigenvalue weighted by atomic mass is 16.7. The number of aromatic nitrogens is 1. The normalized spacial score (nSPS) is 12.4. The quantitative estimate of drug-likeness (QED) is 0.728. The van der Waals surface area contributed by atoms with E-state index in [1.807, 2.05) is 60.8 Å². The largest absolute Gasteiger partial charge is 0.454 e. The highest BCUT2D eigenvalue weighted by Crippen LogP contribution is 2.35. The van der Waals surface area contributed by atoms with Crippen LogP contribution >= 0.6 is 0 Å². The zero-order valence-corrected chi connectivity index (χ0v) is 11.7. The van der Waals surface area contributed by atoms with Gasteiger partial charge in [-0.25, -0.2) is 0 Å². The van der Waals surface area contributed by atoms with E-state index in [0.717, 1.165) is 28.3 Å². The summed E-state index contributed by atoms with van der Waals surface area (Å²) in [6.07, 6.45) is 1.84. The van der Waals surface area contributed by atoms with Gasteiger partial charge < -0.3 is 9.47 Å². The van der Waals surface area contributed by atoms with E-state index in [2.05, 4.69) is 0 Å². The number of rotatable bonds is 2. The Kier molecular flexibility index (Phi) is 2.93. The van der Waals surface area contributed by atoms with Crippen molar-refractivity contribution >= 4 is 0 Å². The van der Waals surface area contributed by atoms with Gasteiger partial charge >= 0.3 is 0 Å². The Morgan fingerprint density at radius 2 is 1.59 bits per heavy atom. The van der Waals surface area contributed by atoms with Crippen LogP contribution in [0.5, 0.6) is 11.5 Å². The third kappa shape index (κ3) is 2.15. The number of fused-ring (bicyclic) bond motifs is 1. The molecule has 0 N–H and O–H groups in total. The summed E-state index contributed by atoms with van der Waals surface area (Å²) < 4.78 is 12.4. The molecule has 1 aliphatic heterocycles. The summed E-state index contributed by atoms with van der Waals surface area (Å²) in [6, 6.07) is 18.7. The fourth-order valence-corrected chi connectivity index (χ4v) is 2.52. The van der Waals surface area contributed by atoms with Crippen molar-refractivity contribution in [3.05, 3.63) is 77.2 Å². The Balaban J connectivity index is 1.82. The van der Waals surface area contributed by atoms with Gasteiger partial charge in [0.1, 0.15) is 0 Å². The maximum Gasteiger partial charge on any atom is 0.255 e. The molecule has 22 heavy (non-hydrogen) atoms. The molecule has 0 unspecified atom stereocenters. The van der Waals surface area contributed by atoms with Crippen LogP contribution in [0.3, 0.4) is 0 Å². The van der Waals surface area contributed by atoms with Gasteiger partial charge in [-0.15, -0.1) is 0 Å². The first-order chi connectivity index (χ1) is 10.8. The van der Waals surface area contributed by atoms with Gasteiger partial charge in [-0.05, 0) is 41.5 Å². The van der Waals surface area contributed by atoms with Crippen molar-refractivity contribution in [2.24, 2.45) is 0 Å². The van der Waals surface area contributed by atoms with Crippen LogP contribution in [0.4, 0.5) is 0 Å². The molecule has 0 aliphatic carbocycles. The van der Waals surface area contributed by atoms with Crippen molar-refractivity contribution in [2.75, 3.05) is 6.79 Å². The minimum Gasteiger partial charge on any atom is -0.454 e. The Bertz CT molecular complexity index is 884. The molecule has 0 saturated heterocycles. The fraction of sp³-hybridized carbons (Fsp3) is 0.0556. The second-order valence-electron chi connectivity index (χ2n) is 5.03. The van der Waals surface area contributed by atoms with Gasteiger partial charge in [0, 0.05) is 18.0 Å². The van der Waals surface area contributed by atoms with Crippen LogP contribution in [0.15, 0.2) is 71.7 Å². The highest BCUT2D eigenvalue weighted by Gasteiger charge is 2.14. The zero-order valence-electron chi connectivity index (χ0n) is 11.7. The van der Waals surface area contributed by atoms with Gasteiger partial charge in [-0.1, -0.05) is 24.3 Å². The molecular formula is C18H13NO3. The van der Waals surface area contributed by atoms with Gasteiger partial charge in [-0.2, -0.15) is 0 Å². The maximum absolute atomic E-state index is 12.1. The van der Waals surface area contributed by atoms with Crippen molar-refractivity contribution in [3.63, 3.8) is 0 Å². The van der Waals surface area contributed by atoms with Crippen LogP contribution in [0.1, 0.15) is 0 Å². The van der Waals surface area contributed by atoms with E-state index in [1.54, 1.807) is 10.6 Å². The summed E-state index contributed by atoms with van der Waals surface area (Å²) in [5, 5.41) is 0. The lowest BCUT2D eigenvalue weighted by Gasteiger charge is -2.09. The van der Waals surface area contributed by atoms with E-state index < -0.39 is 0 Å². The molecule has 0 amide bonds. The monoisotopic (exact) mass is 291 g/mol. The third-order valence-electron chi connectivity index (χ3n) is 3.65. The van der Waals surface area contributed by atoms with E-state index in [4.69, 9.17) is 9.47 Å². The predicted octanol–water partition coefficient (Wildman–Crippen LogP) is 3.23. The highest BCUT2D eigenvalue weighted by molar-refractivity contribution is 5.67. The van der Waals surface area contributed by atoms with E-state index >= 15 is 0 Å². The molecule has 4 nitrogen and oxygen atoms in total. The van der Waals surface area contributed by atoms with Gasteiger partial charge in [0.15, 0.2) is 11.5 Å². The van der Waals surface area contributed by atoms with E-state index in [-0.39, 0.29) is 12.4 Å². The number of benzene rings is 2. The first kappa shape index (κ1) is 12.7. The maximum atomic E-state index is 12.1. The lowest BCUT2D eigenvalue weighted by Crippen LogP contribution is -2.16. The summed E-state index contributed by atoms with van der Waals surface area (Å²) in [5.74, 6) is 1.48. The summed E-state index contributed by atoms with van der Waals surface area (Å²) in [7, 11) is 0. The number of hydrogen-bond donors (Lipinski definition) is 0. The molecule has 0 fully saturated rings. The SMILES string of the molecule is O=c1ccc(-c2ccc3c(c2)OCO3)cn1-c1ccccc1. The molecule has 0 radical (unpaired) electrons. The lowest BCUT2D eigenvalue weighted by atomic mass is 10.1. The molecule has 1 aromatic heterocycles. The van der Waals surface area contributed by atoms with E-state index in [0.29, 0.717) is 0 Å². The number of para-hydroxylation sites is 1. The molecule has 2 aromatic carbocycles. The topological polar surface area (TPSA) is 40.5 Å². The number of ether oxygens (including phenoxy) is 2. The minimum absolute atomic E-state index is 0.0595. The van der Waals surface area contributed by atoms with Crippen LogP contribution in [0.25, 0.3) is 16.8 Å².